The zero-order chi connectivity index (χ0) is 14.1. The molecule has 2 aromatic rings. The third-order valence-corrected chi connectivity index (χ3v) is 3.77. The Morgan fingerprint density at radius 3 is 2.90 bits per heavy atom. The number of rotatable bonds is 2. The number of carbonyl (C=O) groups excluding carboxylic acids is 1. The van der Waals surface area contributed by atoms with Crippen molar-refractivity contribution in [3.63, 3.8) is 0 Å². The van der Waals surface area contributed by atoms with E-state index in [1.807, 2.05) is 0 Å². The van der Waals surface area contributed by atoms with Crippen LogP contribution < -0.4 is 16.4 Å². The van der Waals surface area contributed by atoms with Crippen LogP contribution in [0.15, 0.2) is 27.4 Å². The van der Waals surface area contributed by atoms with E-state index in [9.17, 15) is 9.59 Å². The van der Waals surface area contributed by atoms with E-state index in [0.717, 1.165) is 25.9 Å². The average Bonchev–Trinajstić information content (AvgIpc) is 2.75. The van der Waals surface area contributed by atoms with Crippen LogP contribution in [-0.2, 0) is 11.8 Å². The summed E-state index contributed by atoms with van der Waals surface area (Å²) in [7, 11) is 1.65. The van der Waals surface area contributed by atoms with Crippen molar-refractivity contribution in [2.24, 2.45) is 13.0 Å². The van der Waals surface area contributed by atoms with Gasteiger partial charge in [0, 0.05) is 18.7 Å². The lowest BCUT2D eigenvalue weighted by Crippen LogP contribution is -2.34. The quantitative estimate of drug-likeness (QED) is 0.859. The fraction of sp³-hybridized carbons (Fsp3) is 0.429. The van der Waals surface area contributed by atoms with Gasteiger partial charge in [0.25, 0.3) is 0 Å². The number of fused-ring (bicyclic) bond motifs is 1. The van der Waals surface area contributed by atoms with E-state index in [4.69, 9.17) is 4.42 Å². The highest BCUT2D eigenvalue weighted by molar-refractivity contribution is 5.94. The molecular formula is C14H17N3O3. The summed E-state index contributed by atoms with van der Waals surface area (Å²) in [4.78, 5) is 23.6. The van der Waals surface area contributed by atoms with Gasteiger partial charge in [-0.25, -0.2) is 4.79 Å². The van der Waals surface area contributed by atoms with Crippen LogP contribution in [0.5, 0.6) is 0 Å². The first-order valence-corrected chi connectivity index (χ1v) is 6.76. The molecule has 0 unspecified atom stereocenters. The largest absolute Gasteiger partial charge is 0.419 e. The number of piperidine rings is 1. The van der Waals surface area contributed by atoms with Gasteiger partial charge in [-0.15, -0.1) is 0 Å². The van der Waals surface area contributed by atoms with E-state index >= 15 is 0 Å². The van der Waals surface area contributed by atoms with Crippen LogP contribution in [0.3, 0.4) is 0 Å². The van der Waals surface area contributed by atoms with Gasteiger partial charge in [-0.1, -0.05) is 0 Å². The Labute approximate surface area is 115 Å². The zero-order valence-electron chi connectivity index (χ0n) is 11.3. The lowest BCUT2D eigenvalue weighted by atomic mass is 9.97. The van der Waals surface area contributed by atoms with Crippen molar-refractivity contribution < 1.29 is 9.21 Å². The molecular weight excluding hydrogens is 258 g/mol. The second-order valence-corrected chi connectivity index (χ2v) is 5.12. The second-order valence-electron chi connectivity index (χ2n) is 5.12. The summed E-state index contributed by atoms with van der Waals surface area (Å²) < 4.78 is 6.49. The molecule has 0 radical (unpaired) electrons. The summed E-state index contributed by atoms with van der Waals surface area (Å²) in [6.07, 6.45) is 1.72. The number of aromatic nitrogens is 1. The Hall–Kier alpha value is -2.08. The molecule has 6 nitrogen and oxygen atoms in total. The second kappa shape index (κ2) is 5.13. The molecule has 0 aliphatic carbocycles. The summed E-state index contributed by atoms with van der Waals surface area (Å²) in [6.45, 7) is 1.76. The number of anilines is 1. The highest BCUT2D eigenvalue weighted by atomic mass is 16.4. The van der Waals surface area contributed by atoms with Gasteiger partial charge < -0.3 is 15.1 Å². The van der Waals surface area contributed by atoms with Crippen LogP contribution in [0, 0.1) is 5.92 Å². The average molecular weight is 275 g/mol. The normalized spacial score (nSPS) is 16.4. The Bertz CT molecular complexity index is 695. The molecule has 1 aromatic carbocycles. The lowest BCUT2D eigenvalue weighted by molar-refractivity contribution is -0.120. The van der Waals surface area contributed by atoms with Gasteiger partial charge in [0.15, 0.2) is 5.58 Å². The predicted molar refractivity (Wildman–Crippen MR) is 75.7 cm³/mol. The highest BCUT2D eigenvalue weighted by Crippen LogP contribution is 2.20. The molecule has 0 bridgehead atoms. The van der Waals surface area contributed by atoms with Crippen molar-refractivity contribution in [3.05, 3.63) is 28.7 Å². The number of aryl methyl sites for hydroxylation is 1. The van der Waals surface area contributed by atoms with E-state index < -0.39 is 5.76 Å². The summed E-state index contributed by atoms with van der Waals surface area (Å²) in [5.41, 5.74) is 1.90. The highest BCUT2D eigenvalue weighted by Gasteiger charge is 2.21. The molecule has 2 N–H and O–H groups in total. The summed E-state index contributed by atoms with van der Waals surface area (Å²) >= 11 is 0. The van der Waals surface area contributed by atoms with Crippen LogP contribution in [-0.4, -0.2) is 23.6 Å². The number of nitrogens with one attached hydrogen (secondary N) is 2. The number of benzene rings is 1. The Balaban J connectivity index is 1.81. The molecule has 0 saturated carbocycles. The van der Waals surface area contributed by atoms with E-state index in [1.165, 1.54) is 4.57 Å². The smallest absolute Gasteiger partial charge is 0.408 e. The van der Waals surface area contributed by atoms with Crippen LogP contribution in [0.4, 0.5) is 5.69 Å². The molecule has 1 aromatic heterocycles. The first-order chi connectivity index (χ1) is 9.65. The molecule has 1 amide bonds. The first-order valence-electron chi connectivity index (χ1n) is 6.76. The summed E-state index contributed by atoms with van der Waals surface area (Å²) in [6, 6.07) is 5.22. The molecule has 106 valence electrons. The van der Waals surface area contributed by atoms with E-state index in [-0.39, 0.29) is 11.8 Å². The molecule has 2 heterocycles. The van der Waals surface area contributed by atoms with Crippen LogP contribution in [0.1, 0.15) is 12.8 Å². The van der Waals surface area contributed by atoms with Crippen molar-refractivity contribution in [2.75, 3.05) is 18.4 Å². The minimum Gasteiger partial charge on any atom is -0.408 e. The fourth-order valence-electron chi connectivity index (χ4n) is 2.53. The van der Waals surface area contributed by atoms with Crippen molar-refractivity contribution in [2.45, 2.75) is 12.8 Å². The maximum absolute atomic E-state index is 12.2. The van der Waals surface area contributed by atoms with Gasteiger partial charge in [0.1, 0.15) is 0 Å². The van der Waals surface area contributed by atoms with E-state index in [1.54, 1.807) is 25.2 Å². The van der Waals surface area contributed by atoms with Gasteiger partial charge in [-0.3, -0.25) is 9.36 Å². The molecule has 0 spiro atoms. The maximum atomic E-state index is 12.2. The molecule has 20 heavy (non-hydrogen) atoms. The molecule has 6 heteroatoms. The molecule has 3 rings (SSSR count). The number of nitrogens with zero attached hydrogens (tertiary/aromatic N) is 1. The van der Waals surface area contributed by atoms with Crippen molar-refractivity contribution in [1.82, 2.24) is 9.88 Å². The van der Waals surface area contributed by atoms with E-state index in [2.05, 4.69) is 10.6 Å². The fourth-order valence-corrected chi connectivity index (χ4v) is 2.53. The molecule has 1 aliphatic rings. The minimum absolute atomic E-state index is 0.0411. The standard InChI is InChI=1S/C14H17N3O3/c1-17-11-8-10(2-3-12(11)20-14(17)19)16-13(18)9-4-6-15-7-5-9/h2-3,8-9,15H,4-7H2,1H3,(H,16,18). The van der Waals surface area contributed by atoms with Gasteiger partial charge >= 0.3 is 5.76 Å². The van der Waals surface area contributed by atoms with Crippen LogP contribution in [0.25, 0.3) is 11.1 Å². The summed E-state index contributed by atoms with van der Waals surface area (Å²) in [5, 5.41) is 6.15. The topological polar surface area (TPSA) is 76.3 Å². The Kier molecular flexibility index (Phi) is 3.31. The van der Waals surface area contributed by atoms with Gasteiger partial charge in [-0.05, 0) is 44.1 Å². The zero-order valence-corrected chi connectivity index (χ0v) is 11.3. The predicted octanol–water partition coefficient (Wildman–Crippen LogP) is 1.07. The number of hydrogen-bond donors (Lipinski definition) is 2. The number of amides is 1. The first kappa shape index (κ1) is 12.9. The van der Waals surface area contributed by atoms with Crippen molar-refractivity contribution in [3.8, 4) is 0 Å². The van der Waals surface area contributed by atoms with Crippen molar-refractivity contribution in [1.29, 1.82) is 0 Å². The molecule has 1 fully saturated rings. The molecule has 1 saturated heterocycles. The third-order valence-electron chi connectivity index (χ3n) is 3.77. The van der Waals surface area contributed by atoms with Crippen molar-refractivity contribution >= 4 is 22.7 Å². The lowest BCUT2D eigenvalue weighted by Gasteiger charge is -2.21. The van der Waals surface area contributed by atoms with Gasteiger partial charge in [0.05, 0.1) is 5.52 Å². The third kappa shape index (κ3) is 2.34. The SMILES string of the molecule is Cn1c(=O)oc2ccc(NC(=O)C3CCNCC3)cc21. The van der Waals surface area contributed by atoms with Crippen LogP contribution in [0.2, 0.25) is 0 Å². The molecule has 1 aliphatic heterocycles. The molecule has 0 atom stereocenters. The minimum atomic E-state index is -0.401. The monoisotopic (exact) mass is 275 g/mol. The Morgan fingerprint density at radius 2 is 2.15 bits per heavy atom. The maximum Gasteiger partial charge on any atom is 0.419 e. The number of oxazole rings is 1. The Morgan fingerprint density at radius 1 is 1.40 bits per heavy atom. The van der Waals surface area contributed by atoms with Crippen LogP contribution >= 0.6 is 0 Å². The number of hydrogen-bond acceptors (Lipinski definition) is 4. The van der Waals surface area contributed by atoms with E-state index in [0.29, 0.717) is 16.8 Å². The number of carbonyl (C=O) groups is 1. The summed E-state index contributed by atoms with van der Waals surface area (Å²) in [5.74, 6) is -0.304. The van der Waals surface area contributed by atoms with Gasteiger partial charge in [-0.2, -0.15) is 0 Å². The van der Waals surface area contributed by atoms with Gasteiger partial charge in [0.2, 0.25) is 5.91 Å².